The highest BCUT2D eigenvalue weighted by atomic mass is 16.1. The normalized spacial score (nSPS) is 19.2. The lowest BCUT2D eigenvalue weighted by molar-refractivity contribution is 0.640. The van der Waals surface area contributed by atoms with Gasteiger partial charge in [-0.2, -0.15) is 5.10 Å². The number of aryl methyl sites for hydroxylation is 2. The van der Waals surface area contributed by atoms with E-state index in [1.165, 1.54) is 17.4 Å². The van der Waals surface area contributed by atoms with E-state index in [2.05, 4.69) is 5.10 Å². The van der Waals surface area contributed by atoms with Crippen molar-refractivity contribution in [2.75, 3.05) is 0 Å². The van der Waals surface area contributed by atoms with Gasteiger partial charge in [0.1, 0.15) is 5.65 Å². The van der Waals surface area contributed by atoms with Crippen molar-refractivity contribution in [3.05, 3.63) is 27.7 Å². The molecule has 2 aliphatic carbocycles. The average Bonchev–Trinajstić information content (AvgIpc) is 3.15. The van der Waals surface area contributed by atoms with E-state index in [9.17, 15) is 4.79 Å². The Bertz CT molecular complexity index is 691. The zero-order chi connectivity index (χ0) is 12.3. The van der Waals surface area contributed by atoms with Crippen LogP contribution in [0, 0.1) is 0 Å². The Balaban J connectivity index is 2.17. The van der Waals surface area contributed by atoms with Crippen molar-refractivity contribution < 1.29 is 0 Å². The molecule has 0 saturated heterocycles. The molecule has 4 heteroatoms. The second-order valence-electron chi connectivity index (χ2n) is 5.58. The maximum Gasteiger partial charge on any atom is 0.255 e. The summed E-state index contributed by atoms with van der Waals surface area (Å²) in [6.45, 7) is 0. The Morgan fingerprint density at radius 1 is 1.22 bits per heavy atom. The van der Waals surface area contributed by atoms with Crippen LogP contribution in [0.5, 0.6) is 0 Å². The number of hydrogen-bond donors (Lipinski definition) is 0. The first-order valence-electron chi connectivity index (χ1n) is 6.85. The van der Waals surface area contributed by atoms with Crippen molar-refractivity contribution in [1.29, 1.82) is 0 Å². The van der Waals surface area contributed by atoms with Gasteiger partial charge in [0.15, 0.2) is 0 Å². The molecule has 0 spiro atoms. The molecule has 0 N–H and O–H groups in total. The van der Waals surface area contributed by atoms with Crippen molar-refractivity contribution in [3.8, 4) is 0 Å². The quantitative estimate of drug-likeness (QED) is 0.768. The molecule has 0 unspecified atom stereocenters. The van der Waals surface area contributed by atoms with Crippen LogP contribution in [0.4, 0.5) is 0 Å². The van der Waals surface area contributed by atoms with Gasteiger partial charge in [0.25, 0.3) is 5.56 Å². The van der Waals surface area contributed by atoms with Crippen molar-refractivity contribution in [2.24, 2.45) is 7.05 Å². The largest absolute Gasteiger partial charge is 0.290 e. The molecule has 94 valence electrons. The van der Waals surface area contributed by atoms with E-state index in [0.29, 0.717) is 6.04 Å². The van der Waals surface area contributed by atoms with Gasteiger partial charge in [-0.1, -0.05) is 0 Å². The summed E-state index contributed by atoms with van der Waals surface area (Å²) in [5.74, 6) is 0. The molecule has 0 bridgehead atoms. The maximum absolute atomic E-state index is 12.7. The third-order valence-corrected chi connectivity index (χ3v) is 4.32. The van der Waals surface area contributed by atoms with Gasteiger partial charge < -0.3 is 0 Å². The summed E-state index contributed by atoms with van der Waals surface area (Å²) in [7, 11) is 1.94. The summed E-state index contributed by atoms with van der Waals surface area (Å²) < 4.78 is 3.87. The highest BCUT2D eigenvalue weighted by Gasteiger charge is 2.30. The number of aromatic nitrogens is 3. The second kappa shape index (κ2) is 3.46. The van der Waals surface area contributed by atoms with Crippen LogP contribution in [0.2, 0.25) is 0 Å². The van der Waals surface area contributed by atoms with E-state index < -0.39 is 0 Å². The van der Waals surface area contributed by atoms with E-state index in [1.807, 2.05) is 22.5 Å². The zero-order valence-electron chi connectivity index (χ0n) is 10.6. The molecular formula is C14H17N3O. The number of pyridine rings is 1. The summed E-state index contributed by atoms with van der Waals surface area (Å²) in [5.41, 5.74) is 3.62. The molecule has 4 nitrogen and oxygen atoms in total. The van der Waals surface area contributed by atoms with Crippen LogP contribution in [-0.2, 0) is 19.9 Å². The van der Waals surface area contributed by atoms with Crippen LogP contribution in [0.15, 0.2) is 11.0 Å². The smallest absolute Gasteiger partial charge is 0.255 e. The van der Waals surface area contributed by atoms with Gasteiger partial charge in [-0.15, -0.1) is 0 Å². The lowest BCUT2D eigenvalue weighted by atomic mass is 9.91. The molecule has 2 aromatic heterocycles. The molecule has 2 heterocycles. The minimum absolute atomic E-state index is 0.253. The zero-order valence-corrected chi connectivity index (χ0v) is 10.6. The summed E-state index contributed by atoms with van der Waals surface area (Å²) >= 11 is 0. The second-order valence-corrected chi connectivity index (χ2v) is 5.58. The molecule has 1 saturated carbocycles. The maximum atomic E-state index is 12.7. The van der Waals surface area contributed by atoms with E-state index >= 15 is 0 Å². The Kier molecular flexibility index (Phi) is 1.99. The first-order chi connectivity index (χ1) is 8.77. The minimum atomic E-state index is 0.253. The minimum Gasteiger partial charge on any atom is -0.290 e. The molecule has 18 heavy (non-hydrogen) atoms. The molecule has 0 aliphatic heterocycles. The first-order valence-corrected chi connectivity index (χ1v) is 6.85. The fraction of sp³-hybridized carbons (Fsp3) is 0.571. The van der Waals surface area contributed by atoms with Gasteiger partial charge in [0.05, 0.1) is 6.20 Å². The van der Waals surface area contributed by atoms with Crippen LogP contribution in [0.25, 0.3) is 11.0 Å². The number of nitrogens with zero attached hydrogens (tertiary/aromatic N) is 3. The van der Waals surface area contributed by atoms with E-state index in [0.717, 1.165) is 43.3 Å². The molecule has 0 radical (unpaired) electrons. The highest BCUT2D eigenvalue weighted by Crippen LogP contribution is 2.37. The van der Waals surface area contributed by atoms with Crippen molar-refractivity contribution >= 4 is 11.0 Å². The standard InChI is InChI=1S/C14H17N3O/c1-16-13-12(8-15-16)10-4-2-3-5-11(10)14(18)17(13)9-6-7-9/h8-9H,2-7H2,1H3. The van der Waals surface area contributed by atoms with Gasteiger partial charge in [-0.05, 0) is 44.1 Å². The van der Waals surface area contributed by atoms with Gasteiger partial charge in [0.2, 0.25) is 0 Å². The SMILES string of the molecule is Cn1ncc2c3c(c(=O)n(C4CC4)c21)CCCC3. The van der Waals surface area contributed by atoms with E-state index in [1.54, 1.807) is 0 Å². The summed E-state index contributed by atoms with van der Waals surface area (Å²) in [5, 5.41) is 5.58. The Labute approximate surface area is 105 Å². The average molecular weight is 243 g/mol. The van der Waals surface area contributed by atoms with Gasteiger partial charge in [0, 0.05) is 24.0 Å². The third-order valence-electron chi connectivity index (χ3n) is 4.32. The molecule has 4 rings (SSSR count). The Morgan fingerprint density at radius 3 is 2.67 bits per heavy atom. The van der Waals surface area contributed by atoms with E-state index in [-0.39, 0.29) is 5.56 Å². The Hall–Kier alpha value is -1.58. The van der Waals surface area contributed by atoms with Crippen molar-refractivity contribution in [3.63, 3.8) is 0 Å². The molecule has 2 aromatic rings. The number of fused-ring (bicyclic) bond motifs is 3. The van der Waals surface area contributed by atoms with Gasteiger partial charge in [-0.3, -0.25) is 14.0 Å². The summed E-state index contributed by atoms with van der Waals surface area (Å²) in [6, 6.07) is 0.419. The molecule has 1 fully saturated rings. The first kappa shape index (κ1) is 10.4. The predicted octanol–water partition coefficient (Wildman–Crippen LogP) is 1.95. The van der Waals surface area contributed by atoms with Crippen molar-refractivity contribution in [2.45, 2.75) is 44.6 Å². The molecule has 0 amide bonds. The number of rotatable bonds is 1. The topological polar surface area (TPSA) is 39.8 Å². The monoisotopic (exact) mass is 243 g/mol. The van der Waals surface area contributed by atoms with Crippen LogP contribution in [0.1, 0.15) is 42.9 Å². The Morgan fingerprint density at radius 2 is 1.94 bits per heavy atom. The summed E-state index contributed by atoms with van der Waals surface area (Å²) in [4.78, 5) is 12.7. The van der Waals surface area contributed by atoms with Crippen LogP contribution in [0.3, 0.4) is 0 Å². The molecular weight excluding hydrogens is 226 g/mol. The van der Waals surface area contributed by atoms with Crippen LogP contribution >= 0.6 is 0 Å². The highest BCUT2D eigenvalue weighted by molar-refractivity contribution is 5.81. The number of hydrogen-bond acceptors (Lipinski definition) is 2. The van der Waals surface area contributed by atoms with Crippen molar-refractivity contribution in [1.82, 2.24) is 14.3 Å². The lowest BCUT2D eigenvalue weighted by Gasteiger charge is -2.19. The van der Waals surface area contributed by atoms with Crippen LogP contribution < -0.4 is 5.56 Å². The van der Waals surface area contributed by atoms with Crippen LogP contribution in [-0.4, -0.2) is 14.3 Å². The molecule has 0 aromatic carbocycles. The molecule has 2 aliphatic rings. The molecule has 0 atom stereocenters. The fourth-order valence-electron chi connectivity index (χ4n) is 3.28. The third kappa shape index (κ3) is 1.26. The van der Waals surface area contributed by atoms with E-state index in [4.69, 9.17) is 0 Å². The fourth-order valence-corrected chi connectivity index (χ4v) is 3.28. The predicted molar refractivity (Wildman–Crippen MR) is 69.9 cm³/mol. The van der Waals surface area contributed by atoms with Gasteiger partial charge >= 0.3 is 0 Å². The van der Waals surface area contributed by atoms with Gasteiger partial charge in [-0.25, -0.2) is 0 Å². The summed E-state index contributed by atoms with van der Waals surface area (Å²) in [6.07, 6.45) is 8.56. The lowest BCUT2D eigenvalue weighted by Crippen LogP contribution is -2.28.